The standard InChI is InChI=1S/C22H21ClN2O3/c1-15-10-18(11-17-4-3-5-21(13-17)28-2)22(27)25(24-15)14-20(26)12-16-6-8-19(23)9-7-16/h3-10,13H,11-12,14H2,1-2H3. The average Bonchev–Trinajstić information content (AvgIpc) is 2.67. The number of aromatic nitrogens is 2. The normalized spacial score (nSPS) is 10.7. The lowest BCUT2D eigenvalue weighted by Gasteiger charge is -2.09. The third kappa shape index (κ3) is 5.08. The van der Waals surface area contributed by atoms with Crippen molar-refractivity contribution in [3.05, 3.63) is 92.4 Å². The van der Waals surface area contributed by atoms with Crippen LogP contribution in [0, 0.1) is 6.92 Å². The number of rotatable bonds is 7. The van der Waals surface area contributed by atoms with E-state index in [1.54, 1.807) is 37.4 Å². The number of nitrogens with zero attached hydrogens (tertiary/aromatic N) is 2. The van der Waals surface area contributed by atoms with E-state index in [9.17, 15) is 9.59 Å². The molecule has 0 radical (unpaired) electrons. The Bertz CT molecular complexity index is 1040. The molecular weight excluding hydrogens is 376 g/mol. The van der Waals surface area contributed by atoms with Crippen molar-refractivity contribution in [2.75, 3.05) is 7.11 Å². The summed E-state index contributed by atoms with van der Waals surface area (Å²) in [6, 6.07) is 16.4. The van der Waals surface area contributed by atoms with Gasteiger partial charge in [0.15, 0.2) is 5.78 Å². The molecular formula is C22H21ClN2O3. The summed E-state index contributed by atoms with van der Waals surface area (Å²) >= 11 is 5.87. The second-order valence-electron chi connectivity index (χ2n) is 6.64. The highest BCUT2D eigenvalue weighted by Gasteiger charge is 2.12. The highest BCUT2D eigenvalue weighted by molar-refractivity contribution is 6.30. The van der Waals surface area contributed by atoms with E-state index in [0.29, 0.717) is 22.7 Å². The van der Waals surface area contributed by atoms with Crippen molar-refractivity contribution in [1.29, 1.82) is 0 Å². The van der Waals surface area contributed by atoms with Crippen LogP contribution in [0.4, 0.5) is 0 Å². The number of aryl methyl sites for hydroxylation is 1. The van der Waals surface area contributed by atoms with E-state index >= 15 is 0 Å². The number of benzene rings is 2. The number of hydrogen-bond donors (Lipinski definition) is 0. The quantitative estimate of drug-likeness (QED) is 0.612. The van der Waals surface area contributed by atoms with E-state index in [4.69, 9.17) is 16.3 Å². The third-order valence-electron chi connectivity index (χ3n) is 4.34. The Hall–Kier alpha value is -2.92. The van der Waals surface area contributed by atoms with Crippen molar-refractivity contribution in [2.24, 2.45) is 0 Å². The fraction of sp³-hybridized carbons (Fsp3) is 0.227. The van der Waals surface area contributed by atoms with Gasteiger partial charge < -0.3 is 4.74 Å². The molecule has 0 spiro atoms. The Morgan fingerprint density at radius 3 is 2.57 bits per heavy atom. The lowest BCUT2D eigenvalue weighted by Crippen LogP contribution is -2.30. The van der Waals surface area contributed by atoms with Gasteiger partial charge in [-0.25, -0.2) is 4.68 Å². The van der Waals surface area contributed by atoms with Gasteiger partial charge in [-0.3, -0.25) is 9.59 Å². The molecule has 0 amide bonds. The van der Waals surface area contributed by atoms with Gasteiger partial charge in [-0.2, -0.15) is 5.10 Å². The summed E-state index contributed by atoms with van der Waals surface area (Å²) < 4.78 is 6.49. The summed E-state index contributed by atoms with van der Waals surface area (Å²) in [6.07, 6.45) is 0.676. The maximum atomic E-state index is 12.8. The maximum absolute atomic E-state index is 12.8. The smallest absolute Gasteiger partial charge is 0.270 e. The van der Waals surface area contributed by atoms with Crippen LogP contribution in [0.5, 0.6) is 5.75 Å². The second kappa shape index (κ2) is 8.85. The van der Waals surface area contributed by atoms with Crippen LogP contribution < -0.4 is 10.3 Å². The van der Waals surface area contributed by atoms with E-state index in [1.807, 2.05) is 31.2 Å². The molecule has 0 atom stereocenters. The van der Waals surface area contributed by atoms with Crippen LogP contribution in [0.1, 0.15) is 22.4 Å². The fourth-order valence-corrected chi connectivity index (χ4v) is 3.16. The molecule has 1 aromatic heterocycles. The lowest BCUT2D eigenvalue weighted by molar-refractivity contribution is -0.119. The first-order valence-corrected chi connectivity index (χ1v) is 9.29. The van der Waals surface area contributed by atoms with Crippen LogP contribution in [-0.2, 0) is 24.2 Å². The Labute approximate surface area is 168 Å². The number of methoxy groups -OCH3 is 1. The molecule has 0 saturated heterocycles. The number of ether oxygens (including phenoxy) is 1. The number of Topliss-reactive ketones (excluding diaryl/α,β-unsaturated/α-hetero) is 1. The Kier molecular flexibility index (Phi) is 6.26. The SMILES string of the molecule is COc1cccc(Cc2cc(C)nn(CC(=O)Cc3ccc(Cl)cc3)c2=O)c1. The van der Waals surface area contributed by atoms with E-state index < -0.39 is 0 Å². The number of halogens is 1. The molecule has 144 valence electrons. The first-order valence-electron chi connectivity index (χ1n) is 8.91. The summed E-state index contributed by atoms with van der Waals surface area (Å²) in [7, 11) is 1.61. The minimum Gasteiger partial charge on any atom is -0.497 e. The first-order chi connectivity index (χ1) is 13.4. The maximum Gasteiger partial charge on any atom is 0.270 e. The summed E-state index contributed by atoms with van der Waals surface area (Å²) in [5.41, 5.74) is 2.85. The molecule has 1 heterocycles. The van der Waals surface area contributed by atoms with Gasteiger partial charge in [-0.05, 0) is 48.4 Å². The molecule has 5 nitrogen and oxygen atoms in total. The summed E-state index contributed by atoms with van der Waals surface area (Å²) in [5.74, 6) is 0.650. The van der Waals surface area contributed by atoms with Crippen molar-refractivity contribution < 1.29 is 9.53 Å². The molecule has 0 bridgehead atoms. The minimum absolute atomic E-state index is 0.0613. The average molecular weight is 397 g/mol. The number of ketones is 1. The molecule has 0 N–H and O–H groups in total. The predicted molar refractivity (Wildman–Crippen MR) is 109 cm³/mol. The molecule has 3 aromatic rings. The highest BCUT2D eigenvalue weighted by Crippen LogP contribution is 2.15. The number of hydrogen-bond acceptors (Lipinski definition) is 4. The van der Waals surface area contributed by atoms with Crippen LogP contribution in [0.3, 0.4) is 0 Å². The van der Waals surface area contributed by atoms with Crippen LogP contribution in [-0.4, -0.2) is 22.7 Å². The van der Waals surface area contributed by atoms with Gasteiger partial charge in [-0.15, -0.1) is 0 Å². The van der Waals surface area contributed by atoms with E-state index in [2.05, 4.69) is 5.10 Å². The van der Waals surface area contributed by atoms with Crippen molar-refractivity contribution in [3.8, 4) is 5.75 Å². The van der Waals surface area contributed by atoms with Gasteiger partial charge in [-0.1, -0.05) is 35.9 Å². The highest BCUT2D eigenvalue weighted by atomic mass is 35.5. The third-order valence-corrected chi connectivity index (χ3v) is 4.59. The van der Waals surface area contributed by atoms with Crippen LogP contribution >= 0.6 is 11.6 Å². The Morgan fingerprint density at radius 1 is 1.11 bits per heavy atom. The van der Waals surface area contributed by atoms with Crippen LogP contribution in [0.25, 0.3) is 0 Å². The topological polar surface area (TPSA) is 61.2 Å². The number of carbonyl (C=O) groups is 1. The Balaban J connectivity index is 1.79. The van der Waals surface area contributed by atoms with Gasteiger partial charge >= 0.3 is 0 Å². The molecule has 0 unspecified atom stereocenters. The molecule has 0 fully saturated rings. The van der Waals surface area contributed by atoms with Gasteiger partial charge in [0.1, 0.15) is 12.3 Å². The zero-order chi connectivity index (χ0) is 20.1. The Morgan fingerprint density at radius 2 is 1.86 bits per heavy atom. The van der Waals surface area contributed by atoms with Crippen molar-refractivity contribution >= 4 is 17.4 Å². The van der Waals surface area contributed by atoms with Gasteiger partial charge in [0.2, 0.25) is 0 Å². The minimum atomic E-state index is -0.252. The molecule has 0 aliphatic heterocycles. The molecule has 0 aliphatic carbocycles. The molecule has 6 heteroatoms. The molecule has 3 rings (SSSR count). The van der Waals surface area contributed by atoms with Crippen molar-refractivity contribution in [1.82, 2.24) is 9.78 Å². The molecule has 28 heavy (non-hydrogen) atoms. The van der Waals surface area contributed by atoms with E-state index in [1.165, 1.54) is 4.68 Å². The van der Waals surface area contributed by atoms with E-state index in [0.717, 1.165) is 16.9 Å². The second-order valence-corrected chi connectivity index (χ2v) is 7.08. The van der Waals surface area contributed by atoms with Gasteiger partial charge in [0, 0.05) is 23.4 Å². The fourth-order valence-electron chi connectivity index (χ4n) is 3.03. The lowest BCUT2D eigenvalue weighted by atomic mass is 10.1. The van der Waals surface area contributed by atoms with Crippen LogP contribution in [0.15, 0.2) is 59.4 Å². The monoisotopic (exact) mass is 396 g/mol. The molecule has 0 saturated carbocycles. The van der Waals surface area contributed by atoms with Crippen molar-refractivity contribution in [3.63, 3.8) is 0 Å². The zero-order valence-electron chi connectivity index (χ0n) is 15.8. The van der Waals surface area contributed by atoms with Crippen molar-refractivity contribution in [2.45, 2.75) is 26.3 Å². The summed E-state index contributed by atoms with van der Waals surface area (Å²) in [4.78, 5) is 25.2. The predicted octanol–water partition coefficient (Wildman–Crippen LogP) is 3.62. The number of carbonyl (C=O) groups excluding carboxylic acids is 1. The van der Waals surface area contributed by atoms with Gasteiger partial charge in [0.25, 0.3) is 5.56 Å². The van der Waals surface area contributed by atoms with Gasteiger partial charge in [0.05, 0.1) is 12.8 Å². The largest absolute Gasteiger partial charge is 0.497 e. The first kappa shape index (κ1) is 19.8. The summed E-state index contributed by atoms with van der Waals surface area (Å²) in [5, 5.41) is 4.86. The van der Waals surface area contributed by atoms with Crippen LogP contribution in [0.2, 0.25) is 5.02 Å². The summed E-state index contributed by atoms with van der Waals surface area (Å²) in [6.45, 7) is 1.75. The molecule has 2 aromatic carbocycles. The molecule has 0 aliphatic rings. The zero-order valence-corrected chi connectivity index (χ0v) is 16.6. The van der Waals surface area contributed by atoms with E-state index in [-0.39, 0.29) is 24.3 Å².